The van der Waals surface area contributed by atoms with Gasteiger partial charge in [0, 0.05) is 11.3 Å². The van der Waals surface area contributed by atoms with Crippen LogP contribution >= 0.6 is 0 Å². The van der Waals surface area contributed by atoms with Crippen molar-refractivity contribution in [3.63, 3.8) is 0 Å². The Labute approximate surface area is 134 Å². The molecule has 1 aromatic heterocycles. The topological polar surface area (TPSA) is 30.2 Å². The molecule has 0 N–H and O–H groups in total. The number of carbonyl (C=O) groups is 1. The highest BCUT2D eigenvalue weighted by Gasteiger charge is 2.56. The molecule has 1 aromatic rings. The van der Waals surface area contributed by atoms with E-state index >= 15 is 0 Å². The summed E-state index contributed by atoms with van der Waals surface area (Å²) in [7, 11) is 0. The van der Waals surface area contributed by atoms with E-state index in [1.807, 2.05) is 6.07 Å². The monoisotopic (exact) mass is 302 g/mol. The molecule has 2 fully saturated rings. The van der Waals surface area contributed by atoms with E-state index in [4.69, 9.17) is 4.42 Å². The zero-order valence-corrected chi connectivity index (χ0v) is 14.5. The Morgan fingerprint density at radius 1 is 1.27 bits per heavy atom. The molecule has 4 atom stereocenters. The Morgan fingerprint density at radius 2 is 2.05 bits per heavy atom. The molecule has 1 heterocycles. The van der Waals surface area contributed by atoms with Crippen molar-refractivity contribution < 1.29 is 9.21 Å². The van der Waals surface area contributed by atoms with Crippen molar-refractivity contribution in [2.45, 2.75) is 66.2 Å². The van der Waals surface area contributed by atoms with Gasteiger partial charge in [0.25, 0.3) is 0 Å². The maximum absolute atomic E-state index is 13.4. The normalized spacial score (nSPS) is 37.8. The van der Waals surface area contributed by atoms with Gasteiger partial charge in [-0.1, -0.05) is 40.5 Å². The zero-order chi connectivity index (χ0) is 16.0. The zero-order valence-electron chi connectivity index (χ0n) is 14.5. The summed E-state index contributed by atoms with van der Waals surface area (Å²) in [5.74, 6) is 1.78. The molecule has 0 bridgehead atoms. The lowest BCUT2D eigenvalue weighted by Crippen LogP contribution is -2.55. The second-order valence-electron chi connectivity index (χ2n) is 8.52. The molecule has 2 aliphatic carbocycles. The van der Waals surface area contributed by atoms with E-state index in [0.717, 1.165) is 19.3 Å². The van der Waals surface area contributed by atoms with E-state index in [1.165, 1.54) is 24.8 Å². The molecule has 2 aliphatic rings. The molecule has 0 aliphatic heterocycles. The van der Waals surface area contributed by atoms with Crippen LogP contribution in [0.4, 0.5) is 0 Å². The fourth-order valence-corrected chi connectivity index (χ4v) is 5.47. The fraction of sp³-hybridized carbons (Fsp3) is 0.750. The molecule has 22 heavy (non-hydrogen) atoms. The lowest BCUT2D eigenvalue weighted by Gasteiger charge is -2.56. The van der Waals surface area contributed by atoms with Crippen LogP contribution in [0.2, 0.25) is 0 Å². The molecular weight excluding hydrogens is 272 g/mol. The van der Waals surface area contributed by atoms with Crippen LogP contribution in [0.25, 0.3) is 0 Å². The molecule has 3 rings (SSSR count). The molecular formula is C20H30O2. The average Bonchev–Trinajstić information content (AvgIpc) is 2.96. The second-order valence-corrected chi connectivity index (χ2v) is 8.52. The van der Waals surface area contributed by atoms with Crippen molar-refractivity contribution >= 4 is 5.78 Å². The van der Waals surface area contributed by atoms with Gasteiger partial charge in [0.05, 0.1) is 12.5 Å². The first-order chi connectivity index (χ1) is 10.4. The number of rotatable bonds is 3. The van der Waals surface area contributed by atoms with Crippen LogP contribution in [0.5, 0.6) is 0 Å². The summed E-state index contributed by atoms with van der Waals surface area (Å²) in [6.07, 6.45) is 10.3. The Bertz CT molecular complexity index is 528. The van der Waals surface area contributed by atoms with Crippen molar-refractivity contribution in [3.8, 4) is 0 Å². The predicted octanol–water partition coefficient (Wildman–Crippen LogP) is 5.27. The lowest BCUT2D eigenvalue weighted by molar-refractivity contribution is -0.154. The van der Waals surface area contributed by atoms with Gasteiger partial charge in [0.1, 0.15) is 5.78 Å². The Morgan fingerprint density at radius 3 is 2.68 bits per heavy atom. The van der Waals surface area contributed by atoms with Crippen LogP contribution in [0, 0.1) is 28.6 Å². The lowest BCUT2D eigenvalue weighted by atomic mass is 9.47. The summed E-state index contributed by atoms with van der Waals surface area (Å²) in [4.78, 5) is 13.4. The van der Waals surface area contributed by atoms with Crippen LogP contribution in [0.1, 0.15) is 65.4 Å². The highest BCUT2D eigenvalue weighted by Crippen LogP contribution is 2.59. The van der Waals surface area contributed by atoms with Gasteiger partial charge in [-0.15, -0.1) is 0 Å². The van der Waals surface area contributed by atoms with E-state index < -0.39 is 0 Å². The summed E-state index contributed by atoms with van der Waals surface area (Å²) in [6, 6.07) is 2.01. The molecule has 0 aromatic carbocycles. The van der Waals surface area contributed by atoms with Crippen molar-refractivity contribution in [3.05, 3.63) is 24.2 Å². The first-order valence-corrected chi connectivity index (χ1v) is 8.94. The molecule has 3 unspecified atom stereocenters. The summed E-state index contributed by atoms with van der Waals surface area (Å²) >= 11 is 0. The molecule has 0 radical (unpaired) electrons. The third-order valence-electron chi connectivity index (χ3n) is 6.80. The first kappa shape index (κ1) is 15.8. The van der Waals surface area contributed by atoms with Gasteiger partial charge in [0.2, 0.25) is 0 Å². The second kappa shape index (κ2) is 5.54. The van der Waals surface area contributed by atoms with Crippen LogP contribution in [-0.4, -0.2) is 5.78 Å². The van der Waals surface area contributed by atoms with Gasteiger partial charge in [-0.3, -0.25) is 4.79 Å². The van der Waals surface area contributed by atoms with Crippen LogP contribution in [-0.2, 0) is 11.2 Å². The van der Waals surface area contributed by atoms with Crippen molar-refractivity contribution in [2.75, 3.05) is 0 Å². The van der Waals surface area contributed by atoms with E-state index in [0.29, 0.717) is 23.0 Å². The number of hydrogen-bond acceptors (Lipinski definition) is 2. The number of hydrogen-bond donors (Lipinski definition) is 0. The minimum atomic E-state index is -0.109. The van der Waals surface area contributed by atoms with Gasteiger partial charge in [-0.05, 0) is 54.6 Å². The number of carbonyl (C=O) groups excluding carboxylic acids is 1. The molecule has 2 saturated carbocycles. The van der Waals surface area contributed by atoms with E-state index in [-0.39, 0.29) is 11.3 Å². The third-order valence-corrected chi connectivity index (χ3v) is 6.80. The molecule has 0 amide bonds. The first-order valence-electron chi connectivity index (χ1n) is 8.94. The van der Waals surface area contributed by atoms with Crippen LogP contribution in [0.15, 0.2) is 23.0 Å². The minimum Gasteiger partial charge on any atom is -0.472 e. The summed E-state index contributed by atoms with van der Waals surface area (Å²) in [5, 5.41) is 0. The molecule has 0 spiro atoms. The SMILES string of the molecule is CCC1CC2C(C)(C)CCC[C@]2(C)C(=O)C1Cc1ccoc1. The van der Waals surface area contributed by atoms with Crippen molar-refractivity contribution in [1.29, 1.82) is 0 Å². The number of Topliss-reactive ketones (excluding diaryl/α,β-unsaturated/α-hetero) is 1. The Balaban J connectivity index is 1.91. The quantitative estimate of drug-likeness (QED) is 0.761. The largest absolute Gasteiger partial charge is 0.472 e. The number of ketones is 1. The van der Waals surface area contributed by atoms with Gasteiger partial charge in [-0.2, -0.15) is 0 Å². The summed E-state index contributed by atoms with van der Waals surface area (Å²) in [6.45, 7) is 9.27. The smallest absolute Gasteiger partial charge is 0.142 e. The van der Waals surface area contributed by atoms with Crippen LogP contribution in [0.3, 0.4) is 0 Å². The molecule has 0 saturated heterocycles. The number of furan rings is 1. The summed E-state index contributed by atoms with van der Waals surface area (Å²) in [5.41, 5.74) is 1.37. The highest BCUT2D eigenvalue weighted by atomic mass is 16.3. The van der Waals surface area contributed by atoms with Crippen molar-refractivity contribution in [1.82, 2.24) is 0 Å². The van der Waals surface area contributed by atoms with E-state index in [2.05, 4.69) is 27.7 Å². The van der Waals surface area contributed by atoms with Crippen LogP contribution < -0.4 is 0 Å². The Kier molecular flexibility index (Phi) is 3.99. The van der Waals surface area contributed by atoms with Gasteiger partial charge < -0.3 is 4.42 Å². The molecule has 2 nitrogen and oxygen atoms in total. The van der Waals surface area contributed by atoms with E-state index in [1.54, 1.807) is 12.5 Å². The fourth-order valence-electron chi connectivity index (χ4n) is 5.47. The van der Waals surface area contributed by atoms with Gasteiger partial charge in [-0.25, -0.2) is 0 Å². The highest BCUT2D eigenvalue weighted by molar-refractivity contribution is 5.88. The van der Waals surface area contributed by atoms with Crippen molar-refractivity contribution in [2.24, 2.45) is 28.6 Å². The third kappa shape index (κ3) is 2.45. The molecule has 122 valence electrons. The maximum Gasteiger partial charge on any atom is 0.142 e. The maximum atomic E-state index is 13.4. The van der Waals surface area contributed by atoms with Gasteiger partial charge in [0.15, 0.2) is 0 Å². The Hall–Kier alpha value is -1.05. The van der Waals surface area contributed by atoms with Gasteiger partial charge >= 0.3 is 0 Å². The molecule has 2 heteroatoms. The predicted molar refractivity (Wildman–Crippen MR) is 88.5 cm³/mol. The average molecular weight is 302 g/mol. The standard InChI is InChI=1S/C20H30O2/c1-5-15-12-17-19(2,3)8-6-9-20(17,4)18(21)16(15)11-14-7-10-22-13-14/h7,10,13,15-17H,5-6,8-9,11-12H2,1-4H3/t15?,16?,17?,20-/m0/s1. The summed E-state index contributed by atoms with van der Waals surface area (Å²) < 4.78 is 5.21. The van der Waals surface area contributed by atoms with E-state index in [9.17, 15) is 4.79 Å². The minimum absolute atomic E-state index is 0.109. The number of fused-ring (bicyclic) bond motifs is 1.